The van der Waals surface area contributed by atoms with Crippen LogP contribution in [0.4, 0.5) is 0 Å². The number of benzene rings is 3. The van der Waals surface area contributed by atoms with Crippen molar-refractivity contribution in [3.8, 4) is 5.75 Å². The first-order chi connectivity index (χ1) is 15.6. The highest BCUT2D eigenvalue weighted by Crippen LogP contribution is 2.36. The van der Waals surface area contributed by atoms with Crippen LogP contribution in [0.3, 0.4) is 0 Å². The molecule has 3 aromatic rings. The van der Waals surface area contributed by atoms with E-state index < -0.39 is 36.9 Å². The van der Waals surface area contributed by atoms with E-state index >= 15 is 0 Å². The fourth-order valence-electron chi connectivity index (χ4n) is 4.28. The Kier molecular flexibility index (Phi) is 5.80. The van der Waals surface area contributed by atoms with Gasteiger partial charge in [-0.3, -0.25) is 4.79 Å². The Labute approximate surface area is 185 Å². The topological polar surface area (TPSA) is 86.3 Å². The molecule has 1 amide bonds. The number of aliphatic hydroxyl groups excluding tert-OH is 1. The van der Waals surface area contributed by atoms with Gasteiger partial charge in [-0.1, -0.05) is 66.7 Å². The number of ether oxygens (including phenoxy) is 4. The normalized spacial score (nSPS) is 29.8. The molecule has 0 radical (unpaired) electrons. The van der Waals surface area contributed by atoms with Crippen molar-refractivity contribution in [2.24, 2.45) is 0 Å². The van der Waals surface area contributed by atoms with Crippen LogP contribution in [0, 0.1) is 0 Å². The Morgan fingerprint density at radius 3 is 2.56 bits per heavy atom. The van der Waals surface area contributed by atoms with Crippen LogP contribution in [0.1, 0.15) is 18.8 Å². The van der Waals surface area contributed by atoms with Gasteiger partial charge in [0.1, 0.15) is 30.1 Å². The predicted octanol–water partition coefficient (Wildman–Crippen LogP) is 2.92. The molecular weight excluding hydrogens is 410 g/mol. The molecule has 0 spiro atoms. The molecule has 5 rings (SSSR count). The molecule has 166 valence electrons. The van der Waals surface area contributed by atoms with E-state index in [1.807, 2.05) is 72.8 Å². The third-order valence-corrected chi connectivity index (χ3v) is 5.80. The Balaban J connectivity index is 1.40. The molecule has 2 aliphatic rings. The van der Waals surface area contributed by atoms with Gasteiger partial charge in [-0.25, -0.2) is 0 Å². The van der Waals surface area contributed by atoms with Crippen molar-refractivity contribution in [1.82, 2.24) is 5.32 Å². The molecule has 2 heterocycles. The summed E-state index contributed by atoms with van der Waals surface area (Å²) >= 11 is 0. The monoisotopic (exact) mass is 435 g/mol. The van der Waals surface area contributed by atoms with Gasteiger partial charge in [0.25, 0.3) is 0 Å². The van der Waals surface area contributed by atoms with Crippen molar-refractivity contribution in [2.75, 3.05) is 6.61 Å². The standard InChI is InChI=1S/C25H25NO6/c1-15(27)26-21-22(28)23-20(14-29-24(32-23)17-9-3-2-4-10-17)31-25(21)30-19-13-7-11-16-8-5-6-12-18(16)19/h2-13,20-25,28H,14H2,1H3,(H,26,27)/t20-,21-,22+,23+,24+,25+/m1/s1. The predicted molar refractivity (Wildman–Crippen MR) is 117 cm³/mol. The van der Waals surface area contributed by atoms with Crippen LogP contribution < -0.4 is 10.1 Å². The Bertz CT molecular complexity index is 1080. The molecule has 0 bridgehead atoms. The number of fused-ring (bicyclic) bond motifs is 2. The lowest BCUT2D eigenvalue weighted by atomic mass is 9.95. The van der Waals surface area contributed by atoms with Crippen molar-refractivity contribution in [2.45, 2.75) is 43.9 Å². The zero-order valence-corrected chi connectivity index (χ0v) is 17.6. The molecule has 2 fully saturated rings. The maximum absolute atomic E-state index is 11.9. The van der Waals surface area contributed by atoms with Gasteiger partial charge in [0.15, 0.2) is 6.29 Å². The van der Waals surface area contributed by atoms with Crippen molar-refractivity contribution in [3.05, 3.63) is 78.4 Å². The summed E-state index contributed by atoms with van der Waals surface area (Å²) in [6.45, 7) is 1.62. The van der Waals surface area contributed by atoms with Gasteiger partial charge < -0.3 is 29.4 Å². The fraction of sp³-hybridized carbons (Fsp3) is 0.320. The lowest BCUT2D eigenvalue weighted by Gasteiger charge is -2.47. The van der Waals surface area contributed by atoms with Gasteiger partial charge in [0.05, 0.1) is 6.61 Å². The second-order valence-electron chi connectivity index (χ2n) is 8.03. The Morgan fingerprint density at radius 1 is 1.00 bits per heavy atom. The molecular formula is C25H25NO6. The van der Waals surface area contributed by atoms with Crippen LogP contribution >= 0.6 is 0 Å². The first-order valence-electron chi connectivity index (χ1n) is 10.7. The van der Waals surface area contributed by atoms with E-state index in [-0.39, 0.29) is 12.5 Å². The van der Waals surface area contributed by atoms with Crippen LogP contribution in [0.2, 0.25) is 0 Å². The summed E-state index contributed by atoms with van der Waals surface area (Å²) in [6, 6.07) is 22.3. The summed E-state index contributed by atoms with van der Waals surface area (Å²) in [5, 5.41) is 15.9. The Morgan fingerprint density at radius 2 is 1.75 bits per heavy atom. The van der Waals surface area contributed by atoms with Gasteiger partial charge in [-0.05, 0) is 11.5 Å². The van der Waals surface area contributed by atoms with E-state index in [1.165, 1.54) is 6.92 Å². The Hall–Kier alpha value is -2.97. The maximum atomic E-state index is 11.9. The molecule has 3 aromatic carbocycles. The third kappa shape index (κ3) is 4.08. The van der Waals surface area contributed by atoms with E-state index in [1.54, 1.807) is 0 Å². The van der Waals surface area contributed by atoms with E-state index in [0.717, 1.165) is 16.3 Å². The highest BCUT2D eigenvalue weighted by molar-refractivity contribution is 5.88. The van der Waals surface area contributed by atoms with Crippen LogP contribution in [-0.4, -0.2) is 48.3 Å². The minimum atomic E-state index is -1.05. The summed E-state index contributed by atoms with van der Waals surface area (Å²) in [6.07, 6.45) is -3.81. The molecule has 2 N–H and O–H groups in total. The number of rotatable bonds is 4. The fourth-order valence-corrected chi connectivity index (χ4v) is 4.28. The van der Waals surface area contributed by atoms with Crippen molar-refractivity contribution < 1.29 is 28.8 Å². The summed E-state index contributed by atoms with van der Waals surface area (Å²) in [4.78, 5) is 11.9. The molecule has 0 saturated carbocycles. The second kappa shape index (κ2) is 8.88. The molecule has 0 aliphatic carbocycles. The van der Waals surface area contributed by atoms with E-state index in [2.05, 4.69) is 5.32 Å². The number of hydrogen-bond acceptors (Lipinski definition) is 6. The molecule has 6 atom stereocenters. The average molecular weight is 435 g/mol. The zero-order valence-electron chi connectivity index (χ0n) is 17.6. The highest BCUT2D eigenvalue weighted by Gasteiger charge is 2.50. The number of carbonyl (C=O) groups is 1. The second-order valence-corrected chi connectivity index (χ2v) is 8.03. The van der Waals surface area contributed by atoms with Gasteiger partial charge in [-0.2, -0.15) is 0 Å². The van der Waals surface area contributed by atoms with Gasteiger partial charge in [0.2, 0.25) is 12.2 Å². The average Bonchev–Trinajstić information content (AvgIpc) is 2.82. The molecule has 7 nitrogen and oxygen atoms in total. The van der Waals surface area contributed by atoms with E-state index in [4.69, 9.17) is 18.9 Å². The lowest BCUT2D eigenvalue weighted by molar-refractivity contribution is -0.333. The first-order valence-corrected chi connectivity index (χ1v) is 10.7. The summed E-state index contributed by atoms with van der Waals surface area (Å²) < 4.78 is 24.3. The van der Waals surface area contributed by atoms with Crippen LogP contribution in [0.5, 0.6) is 5.75 Å². The first kappa shape index (κ1) is 20.9. The number of nitrogens with one attached hydrogen (secondary N) is 1. The quantitative estimate of drug-likeness (QED) is 0.656. The van der Waals surface area contributed by atoms with Crippen LogP contribution in [0.25, 0.3) is 10.8 Å². The van der Waals surface area contributed by atoms with Crippen molar-refractivity contribution >= 4 is 16.7 Å². The SMILES string of the molecule is CC(=O)N[C@H]1[C@@H](Oc2cccc3ccccc23)O[C@@H]2CO[C@H](c3ccccc3)O[C@@H]2[C@H]1O. The van der Waals surface area contributed by atoms with Gasteiger partial charge in [0, 0.05) is 17.9 Å². The number of amides is 1. The summed E-state index contributed by atoms with van der Waals surface area (Å²) in [5.74, 6) is 0.309. The van der Waals surface area contributed by atoms with Crippen LogP contribution in [0.15, 0.2) is 72.8 Å². The maximum Gasteiger partial charge on any atom is 0.223 e. The summed E-state index contributed by atoms with van der Waals surface area (Å²) in [7, 11) is 0. The molecule has 0 unspecified atom stereocenters. The van der Waals surface area contributed by atoms with Crippen LogP contribution in [-0.2, 0) is 19.0 Å². The smallest absolute Gasteiger partial charge is 0.223 e. The molecule has 32 heavy (non-hydrogen) atoms. The molecule has 2 aliphatic heterocycles. The van der Waals surface area contributed by atoms with Gasteiger partial charge >= 0.3 is 0 Å². The van der Waals surface area contributed by atoms with E-state index in [0.29, 0.717) is 5.75 Å². The minimum Gasteiger partial charge on any atom is -0.462 e. The van der Waals surface area contributed by atoms with Crippen molar-refractivity contribution in [3.63, 3.8) is 0 Å². The van der Waals surface area contributed by atoms with E-state index in [9.17, 15) is 9.90 Å². The summed E-state index contributed by atoms with van der Waals surface area (Å²) in [5.41, 5.74) is 0.850. The third-order valence-electron chi connectivity index (χ3n) is 5.80. The number of carbonyl (C=O) groups excluding carboxylic acids is 1. The minimum absolute atomic E-state index is 0.226. The van der Waals surface area contributed by atoms with Crippen molar-refractivity contribution in [1.29, 1.82) is 0 Å². The molecule has 7 heteroatoms. The largest absolute Gasteiger partial charge is 0.462 e. The highest BCUT2D eigenvalue weighted by atomic mass is 16.7. The lowest BCUT2D eigenvalue weighted by Crippen LogP contribution is -2.67. The molecule has 0 aromatic heterocycles. The number of hydrogen-bond donors (Lipinski definition) is 2. The number of aliphatic hydroxyl groups is 1. The van der Waals surface area contributed by atoms with Gasteiger partial charge in [-0.15, -0.1) is 0 Å². The zero-order chi connectivity index (χ0) is 22.1. The molecule has 2 saturated heterocycles.